The van der Waals surface area contributed by atoms with Crippen molar-refractivity contribution >= 4 is 23.4 Å². The third-order valence-corrected chi connectivity index (χ3v) is 5.39. The summed E-state index contributed by atoms with van der Waals surface area (Å²) in [5, 5.41) is 3.52. The molecule has 2 aromatic carbocycles. The monoisotopic (exact) mass is 402 g/mol. The number of carbonyl (C=O) groups excluding carboxylic acids is 2. The van der Waals surface area contributed by atoms with Crippen molar-refractivity contribution in [2.45, 2.75) is 25.7 Å². The van der Waals surface area contributed by atoms with Crippen molar-refractivity contribution in [3.05, 3.63) is 70.5 Å². The number of hydrogen-bond donors (Lipinski definition) is 1. The predicted molar refractivity (Wildman–Crippen MR) is 108 cm³/mol. The molecule has 1 aliphatic heterocycles. The van der Waals surface area contributed by atoms with E-state index in [1.165, 1.54) is 12.1 Å². The topological polar surface area (TPSA) is 49.4 Å². The Morgan fingerprint density at radius 1 is 1.18 bits per heavy atom. The van der Waals surface area contributed by atoms with Crippen molar-refractivity contribution in [2.75, 3.05) is 19.6 Å². The van der Waals surface area contributed by atoms with E-state index < -0.39 is 5.92 Å². The normalized spacial score (nSPS) is 18.9. The molecule has 4 nitrogen and oxygen atoms in total. The van der Waals surface area contributed by atoms with Crippen molar-refractivity contribution in [2.24, 2.45) is 5.92 Å². The predicted octanol–water partition coefficient (Wildman–Crippen LogP) is 4.25. The summed E-state index contributed by atoms with van der Waals surface area (Å²) < 4.78 is 13.8. The van der Waals surface area contributed by atoms with Crippen LogP contribution in [0.4, 0.5) is 4.39 Å². The van der Waals surface area contributed by atoms with Gasteiger partial charge in [0.2, 0.25) is 5.91 Å². The summed E-state index contributed by atoms with van der Waals surface area (Å²) >= 11 is 5.91. The average Bonchev–Trinajstić information content (AvgIpc) is 3.14. The summed E-state index contributed by atoms with van der Waals surface area (Å²) in [6, 6.07) is 13.0. The molecule has 6 heteroatoms. The Morgan fingerprint density at radius 2 is 1.93 bits per heavy atom. The lowest BCUT2D eigenvalue weighted by Crippen LogP contribution is -2.36. The zero-order chi connectivity index (χ0) is 20.1. The van der Waals surface area contributed by atoms with E-state index >= 15 is 0 Å². The second kappa shape index (κ2) is 9.20. The molecule has 1 heterocycles. The van der Waals surface area contributed by atoms with Gasteiger partial charge in [-0.3, -0.25) is 9.59 Å². The van der Waals surface area contributed by atoms with Gasteiger partial charge in [-0.05, 0) is 48.4 Å². The zero-order valence-corrected chi connectivity index (χ0v) is 16.6. The van der Waals surface area contributed by atoms with E-state index in [-0.39, 0.29) is 23.5 Å². The Balaban J connectivity index is 1.82. The summed E-state index contributed by atoms with van der Waals surface area (Å²) in [7, 11) is 0. The van der Waals surface area contributed by atoms with Gasteiger partial charge in [-0.25, -0.2) is 4.39 Å². The van der Waals surface area contributed by atoms with Crippen LogP contribution in [0.5, 0.6) is 0 Å². The van der Waals surface area contributed by atoms with E-state index in [4.69, 9.17) is 11.6 Å². The maximum Gasteiger partial charge on any atom is 0.253 e. The van der Waals surface area contributed by atoms with Gasteiger partial charge >= 0.3 is 0 Å². The van der Waals surface area contributed by atoms with Gasteiger partial charge in [0.05, 0.1) is 5.92 Å². The van der Waals surface area contributed by atoms with Gasteiger partial charge in [0.1, 0.15) is 5.82 Å². The third-order valence-electron chi connectivity index (χ3n) is 5.14. The number of amides is 2. The summed E-state index contributed by atoms with van der Waals surface area (Å²) in [5.74, 6) is -1.23. The van der Waals surface area contributed by atoms with Crippen molar-refractivity contribution < 1.29 is 14.0 Å². The van der Waals surface area contributed by atoms with Crippen molar-refractivity contribution in [1.29, 1.82) is 0 Å². The van der Waals surface area contributed by atoms with Crippen LogP contribution in [0.15, 0.2) is 48.5 Å². The highest BCUT2D eigenvalue weighted by molar-refractivity contribution is 6.30. The standard InChI is InChI=1S/C22H24ClFN2O2/c1-2-3-11-25-21(27)20-14-26(22(28)15-7-9-17(23)10-8-15)13-19(20)16-5-4-6-18(24)12-16/h4-10,12,19-20H,2-3,11,13-14H2,1H3,(H,25,27). The summed E-state index contributed by atoms with van der Waals surface area (Å²) in [4.78, 5) is 27.4. The van der Waals surface area contributed by atoms with Crippen LogP contribution in [-0.2, 0) is 4.79 Å². The summed E-state index contributed by atoms with van der Waals surface area (Å²) in [6.45, 7) is 3.34. The molecule has 2 amide bonds. The number of rotatable bonds is 6. The number of halogens is 2. The van der Waals surface area contributed by atoms with Gasteiger partial charge in [-0.15, -0.1) is 0 Å². The molecule has 1 aliphatic rings. The Kier molecular flexibility index (Phi) is 6.68. The molecule has 0 saturated carbocycles. The first-order chi connectivity index (χ1) is 13.5. The van der Waals surface area contributed by atoms with E-state index in [2.05, 4.69) is 12.2 Å². The molecule has 0 spiro atoms. The number of nitrogens with one attached hydrogen (secondary N) is 1. The van der Waals surface area contributed by atoms with Gasteiger partial charge in [-0.1, -0.05) is 37.1 Å². The van der Waals surface area contributed by atoms with Crippen LogP contribution in [0.3, 0.4) is 0 Å². The molecule has 148 valence electrons. The first kappa shape index (κ1) is 20.3. The molecule has 1 saturated heterocycles. The van der Waals surface area contributed by atoms with Crippen LogP contribution in [0.2, 0.25) is 5.02 Å². The van der Waals surface area contributed by atoms with Crippen molar-refractivity contribution in [3.8, 4) is 0 Å². The van der Waals surface area contributed by atoms with Crippen LogP contribution in [-0.4, -0.2) is 36.3 Å². The minimum absolute atomic E-state index is 0.0888. The van der Waals surface area contributed by atoms with Gasteiger partial charge in [0.25, 0.3) is 5.91 Å². The average molecular weight is 403 g/mol. The highest BCUT2D eigenvalue weighted by Crippen LogP contribution is 2.34. The zero-order valence-electron chi connectivity index (χ0n) is 15.8. The minimum Gasteiger partial charge on any atom is -0.356 e. The van der Waals surface area contributed by atoms with E-state index in [1.807, 2.05) is 6.07 Å². The lowest BCUT2D eigenvalue weighted by molar-refractivity contribution is -0.124. The van der Waals surface area contributed by atoms with Crippen molar-refractivity contribution in [3.63, 3.8) is 0 Å². The molecule has 2 unspecified atom stereocenters. The molecule has 2 atom stereocenters. The first-order valence-electron chi connectivity index (χ1n) is 9.57. The smallest absolute Gasteiger partial charge is 0.253 e. The van der Waals surface area contributed by atoms with Gasteiger partial charge in [0.15, 0.2) is 0 Å². The van der Waals surface area contributed by atoms with Crippen molar-refractivity contribution in [1.82, 2.24) is 10.2 Å². The molecule has 2 aromatic rings. The Hall–Kier alpha value is -2.40. The Bertz CT molecular complexity index is 841. The number of carbonyl (C=O) groups is 2. The molecule has 0 radical (unpaired) electrons. The largest absolute Gasteiger partial charge is 0.356 e. The fraction of sp³-hybridized carbons (Fsp3) is 0.364. The summed E-state index contributed by atoms with van der Waals surface area (Å²) in [5.41, 5.74) is 1.26. The molecule has 0 aliphatic carbocycles. The van der Waals surface area contributed by atoms with Gasteiger partial charge < -0.3 is 10.2 Å². The maximum atomic E-state index is 13.8. The van der Waals surface area contributed by atoms with Crippen LogP contribution in [0, 0.1) is 11.7 Å². The molecule has 0 aromatic heterocycles. The number of benzene rings is 2. The third kappa shape index (κ3) is 4.71. The minimum atomic E-state index is -0.407. The lowest BCUT2D eigenvalue weighted by atomic mass is 9.88. The molecule has 1 N–H and O–H groups in total. The Morgan fingerprint density at radius 3 is 2.61 bits per heavy atom. The number of unbranched alkanes of at least 4 members (excludes halogenated alkanes) is 1. The molecule has 0 bridgehead atoms. The van der Waals surface area contributed by atoms with E-state index in [9.17, 15) is 14.0 Å². The first-order valence-corrected chi connectivity index (χ1v) is 9.95. The SMILES string of the molecule is CCCCNC(=O)C1CN(C(=O)c2ccc(Cl)cc2)CC1c1cccc(F)c1. The van der Waals surface area contributed by atoms with E-state index in [0.717, 1.165) is 18.4 Å². The molecule has 3 rings (SSSR count). The second-order valence-corrected chi connectivity index (χ2v) is 7.57. The number of likely N-dealkylation sites (tertiary alicyclic amines) is 1. The molecule has 1 fully saturated rings. The highest BCUT2D eigenvalue weighted by Gasteiger charge is 2.40. The Labute approximate surface area is 169 Å². The van der Waals surface area contributed by atoms with Gasteiger partial charge in [0, 0.05) is 36.1 Å². The number of hydrogen-bond acceptors (Lipinski definition) is 2. The fourth-order valence-electron chi connectivity index (χ4n) is 3.60. The maximum absolute atomic E-state index is 13.8. The van der Waals surface area contributed by atoms with Crippen LogP contribution < -0.4 is 5.32 Å². The second-order valence-electron chi connectivity index (χ2n) is 7.13. The molecule has 28 heavy (non-hydrogen) atoms. The fourth-order valence-corrected chi connectivity index (χ4v) is 3.73. The number of nitrogens with zero attached hydrogens (tertiary/aromatic N) is 1. The van der Waals surface area contributed by atoms with E-state index in [0.29, 0.717) is 30.2 Å². The molecular weight excluding hydrogens is 379 g/mol. The summed E-state index contributed by atoms with van der Waals surface area (Å²) in [6.07, 6.45) is 1.88. The van der Waals surface area contributed by atoms with Crippen LogP contribution >= 0.6 is 11.6 Å². The van der Waals surface area contributed by atoms with Crippen LogP contribution in [0.25, 0.3) is 0 Å². The van der Waals surface area contributed by atoms with Crippen LogP contribution in [0.1, 0.15) is 41.6 Å². The molecular formula is C22H24ClFN2O2. The van der Waals surface area contributed by atoms with E-state index in [1.54, 1.807) is 35.2 Å². The lowest BCUT2D eigenvalue weighted by Gasteiger charge is -2.18. The highest BCUT2D eigenvalue weighted by atomic mass is 35.5. The quantitative estimate of drug-likeness (QED) is 0.734. The van der Waals surface area contributed by atoms with Gasteiger partial charge in [-0.2, -0.15) is 0 Å².